The molecule has 0 aliphatic heterocycles. The van der Waals surface area contributed by atoms with Crippen molar-refractivity contribution in [3.8, 4) is 0 Å². The predicted molar refractivity (Wildman–Crippen MR) is 80.5 cm³/mol. The van der Waals surface area contributed by atoms with Gasteiger partial charge in [0.15, 0.2) is 0 Å². The van der Waals surface area contributed by atoms with E-state index in [2.05, 4.69) is 5.43 Å². The van der Waals surface area contributed by atoms with Gasteiger partial charge in [0.05, 0.1) is 0 Å². The first-order valence-corrected chi connectivity index (χ1v) is 8.83. The highest BCUT2D eigenvalue weighted by atomic mass is 15.2. The molecule has 3 fully saturated rings. The van der Waals surface area contributed by atoms with E-state index in [1.165, 1.54) is 77.0 Å². The van der Waals surface area contributed by atoms with Crippen molar-refractivity contribution < 1.29 is 0 Å². The van der Waals surface area contributed by atoms with Crippen LogP contribution in [0.2, 0.25) is 0 Å². The second kappa shape index (κ2) is 6.58. The fraction of sp³-hybridized carbons (Fsp3) is 1.00. The van der Waals surface area contributed by atoms with E-state index >= 15 is 0 Å². The van der Waals surface area contributed by atoms with Gasteiger partial charge < -0.3 is 0 Å². The third kappa shape index (κ3) is 3.33. The van der Waals surface area contributed by atoms with Crippen LogP contribution in [-0.2, 0) is 0 Å². The van der Waals surface area contributed by atoms with Gasteiger partial charge in [0.1, 0.15) is 0 Å². The third-order valence-electron chi connectivity index (χ3n) is 6.43. The zero-order valence-electron chi connectivity index (χ0n) is 12.4. The van der Waals surface area contributed by atoms with Crippen LogP contribution in [-0.4, -0.2) is 6.04 Å². The summed E-state index contributed by atoms with van der Waals surface area (Å²) in [5.74, 6) is 9.83. The lowest BCUT2D eigenvalue weighted by atomic mass is 9.65. The van der Waals surface area contributed by atoms with E-state index in [0.29, 0.717) is 6.04 Å². The van der Waals surface area contributed by atoms with Gasteiger partial charge in [-0.05, 0) is 49.4 Å². The zero-order valence-corrected chi connectivity index (χ0v) is 12.4. The number of nitrogens with one attached hydrogen (secondary N) is 1. The molecule has 0 aromatic heterocycles. The Hall–Kier alpha value is -0.0800. The van der Waals surface area contributed by atoms with Gasteiger partial charge in [-0.15, -0.1) is 0 Å². The van der Waals surface area contributed by atoms with E-state index in [-0.39, 0.29) is 0 Å². The quantitative estimate of drug-likeness (QED) is 0.595. The molecule has 3 aliphatic rings. The number of rotatable bonds is 4. The Morgan fingerprint density at radius 1 is 0.842 bits per heavy atom. The number of hydrogen-bond donors (Lipinski definition) is 2. The van der Waals surface area contributed by atoms with Crippen LogP contribution in [0.25, 0.3) is 0 Å². The molecule has 2 heteroatoms. The first-order chi connectivity index (χ1) is 9.36. The topological polar surface area (TPSA) is 38.0 Å². The molecule has 3 aliphatic carbocycles. The van der Waals surface area contributed by atoms with Gasteiger partial charge in [-0.1, -0.05) is 51.4 Å². The summed E-state index contributed by atoms with van der Waals surface area (Å²) in [4.78, 5) is 0. The number of hydrazine groups is 1. The maximum atomic E-state index is 5.90. The lowest BCUT2D eigenvalue weighted by Crippen LogP contribution is -2.45. The first kappa shape index (κ1) is 13.9. The van der Waals surface area contributed by atoms with Crippen molar-refractivity contribution in [1.82, 2.24) is 5.43 Å². The fourth-order valence-electron chi connectivity index (χ4n) is 5.28. The van der Waals surface area contributed by atoms with Gasteiger partial charge in [0.2, 0.25) is 0 Å². The lowest BCUT2D eigenvalue weighted by Gasteiger charge is -2.42. The molecule has 0 saturated heterocycles. The van der Waals surface area contributed by atoms with Crippen molar-refractivity contribution in [2.24, 2.45) is 29.5 Å². The molecule has 0 bridgehead atoms. The Morgan fingerprint density at radius 2 is 1.53 bits per heavy atom. The molecular weight excluding hydrogens is 232 g/mol. The highest BCUT2D eigenvalue weighted by Gasteiger charge is 2.35. The average Bonchev–Trinajstić information content (AvgIpc) is 2.97. The summed E-state index contributed by atoms with van der Waals surface area (Å²) in [5.41, 5.74) is 3.19. The summed E-state index contributed by atoms with van der Waals surface area (Å²) in [6, 6.07) is 0.603. The molecule has 3 saturated carbocycles. The molecule has 4 unspecified atom stereocenters. The highest BCUT2D eigenvalue weighted by Crippen LogP contribution is 2.44. The van der Waals surface area contributed by atoms with Crippen molar-refractivity contribution in [1.29, 1.82) is 0 Å². The smallest absolute Gasteiger partial charge is 0.0241 e. The molecule has 0 radical (unpaired) electrons. The van der Waals surface area contributed by atoms with Crippen molar-refractivity contribution in [2.75, 3.05) is 0 Å². The molecule has 19 heavy (non-hydrogen) atoms. The minimum Gasteiger partial charge on any atom is -0.271 e. The minimum absolute atomic E-state index is 0.603. The van der Waals surface area contributed by atoms with E-state index in [1.54, 1.807) is 0 Å². The van der Waals surface area contributed by atoms with Crippen molar-refractivity contribution in [3.63, 3.8) is 0 Å². The Morgan fingerprint density at radius 3 is 2.26 bits per heavy atom. The third-order valence-corrected chi connectivity index (χ3v) is 6.43. The molecule has 0 amide bonds. The van der Waals surface area contributed by atoms with Crippen LogP contribution in [0, 0.1) is 23.7 Å². The lowest BCUT2D eigenvalue weighted by molar-refractivity contribution is 0.103. The minimum atomic E-state index is 0.603. The molecule has 110 valence electrons. The Balaban J connectivity index is 1.54. The van der Waals surface area contributed by atoms with Gasteiger partial charge >= 0.3 is 0 Å². The van der Waals surface area contributed by atoms with Crippen molar-refractivity contribution >= 4 is 0 Å². The van der Waals surface area contributed by atoms with Crippen LogP contribution in [0.4, 0.5) is 0 Å². The van der Waals surface area contributed by atoms with Crippen LogP contribution in [0.1, 0.15) is 77.0 Å². The van der Waals surface area contributed by atoms with Crippen LogP contribution in [0.5, 0.6) is 0 Å². The molecule has 0 spiro atoms. The highest BCUT2D eigenvalue weighted by molar-refractivity contribution is 4.89. The van der Waals surface area contributed by atoms with Gasteiger partial charge in [-0.2, -0.15) is 0 Å². The van der Waals surface area contributed by atoms with Crippen LogP contribution < -0.4 is 11.3 Å². The first-order valence-electron chi connectivity index (χ1n) is 8.83. The SMILES string of the molecule is NNC(CC1CCCC1)C1CCC2CCCCC2C1. The molecule has 0 aromatic carbocycles. The summed E-state index contributed by atoms with van der Waals surface area (Å²) in [6.07, 6.45) is 17.5. The molecule has 3 N–H and O–H groups in total. The second-order valence-corrected chi connectivity index (χ2v) is 7.54. The summed E-state index contributed by atoms with van der Waals surface area (Å²) in [5, 5.41) is 0. The van der Waals surface area contributed by atoms with Gasteiger partial charge in [0.25, 0.3) is 0 Å². The van der Waals surface area contributed by atoms with E-state index in [9.17, 15) is 0 Å². The maximum Gasteiger partial charge on any atom is 0.0241 e. The standard InChI is InChI=1S/C17H32N2/c18-19-17(11-13-5-1-2-6-13)16-10-9-14-7-3-4-8-15(14)12-16/h13-17,19H,1-12,18H2. The van der Waals surface area contributed by atoms with Crippen molar-refractivity contribution in [3.05, 3.63) is 0 Å². The number of hydrogen-bond acceptors (Lipinski definition) is 2. The molecular formula is C17H32N2. The molecule has 2 nitrogen and oxygen atoms in total. The summed E-state index contributed by atoms with van der Waals surface area (Å²) in [7, 11) is 0. The summed E-state index contributed by atoms with van der Waals surface area (Å²) < 4.78 is 0. The van der Waals surface area contributed by atoms with Gasteiger partial charge in [-0.3, -0.25) is 11.3 Å². The van der Waals surface area contributed by atoms with E-state index in [4.69, 9.17) is 5.84 Å². The monoisotopic (exact) mass is 264 g/mol. The Kier molecular flexibility index (Phi) is 4.81. The second-order valence-electron chi connectivity index (χ2n) is 7.54. The fourth-order valence-corrected chi connectivity index (χ4v) is 5.28. The predicted octanol–water partition coefficient (Wildman–Crippen LogP) is 4.01. The zero-order chi connectivity index (χ0) is 13.1. The maximum absolute atomic E-state index is 5.90. The number of nitrogens with two attached hydrogens (primary N) is 1. The van der Waals surface area contributed by atoms with Crippen LogP contribution >= 0.6 is 0 Å². The number of fused-ring (bicyclic) bond motifs is 1. The Bertz CT molecular complexity index is 272. The summed E-state index contributed by atoms with van der Waals surface area (Å²) >= 11 is 0. The summed E-state index contributed by atoms with van der Waals surface area (Å²) in [6.45, 7) is 0. The van der Waals surface area contributed by atoms with E-state index < -0.39 is 0 Å². The molecule has 0 heterocycles. The van der Waals surface area contributed by atoms with Crippen LogP contribution in [0.3, 0.4) is 0 Å². The normalized spacial score (nSPS) is 38.1. The van der Waals surface area contributed by atoms with Crippen molar-refractivity contribution in [2.45, 2.75) is 83.1 Å². The molecule has 0 aromatic rings. The van der Waals surface area contributed by atoms with E-state index in [0.717, 1.165) is 23.7 Å². The molecule has 4 atom stereocenters. The van der Waals surface area contributed by atoms with Crippen LogP contribution in [0.15, 0.2) is 0 Å². The molecule has 3 rings (SSSR count). The largest absolute Gasteiger partial charge is 0.271 e. The average molecular weight is 264 g/mol. The van der Waals surface area contributed by atoms with E-state index in [1.807, 2.05) is 0 Å². The Labute approximate surface area is 118 Å². The van der Waals surface area contributed by atoms with Gasteiger partial charge in [-0.25, -0.2) is 0 Å². The van der Waals surface area contributed by atoms with Gasteiger partial charge in [0, 0.05) is 6.04 Å².